The topological polar surface area (TPSA) is 110 Å². The van der Waals surface area contributed by atoms with Crippen molar-refractivity contribution in [3.05, 3.63) is 95.7 Å². The van der Waals surface area contributed by atoms with E-state index in [0.717, 1.165) is 22.2 Å². The van der Waals surface area contributed by atoms with Crippen LogP contribution >= 0.6 is 0 Å². The number of esters is 1. The molecule has 4 aromatic rings. The Balaban J connectivity index is 1.44. The summed E-state index contributed by atoms with van der Waals surface area (Å²) in [6.07, 6.45) is -3.67. The van der Waals surface area contributed by atoms with Gasteiger partial charge in [0.15, 0.2) is 5.75 Å². The average Bonchev–Trinajstić information content (AvgIpc) is 3.33. The summed E-state index contributed by atoms with van der Waals surface area (Å²) in [7, 11) is -4.61. The molecule has 0 spiro atoms. The van der Waals surface area contributed by atoms with E-state index >= 15 is 0 Å². The number of aromatic nitrogens is 1. The molecule has 1 atom stereocenters. The maximum atomic E-state index is 12.9. The number of benzene rings is 3. The van der Waals surface area contributed by atoms with Crippen molar-refractivity contribution in [1.82, 2.24) is 9.63 Å². The number of hydroxylamine groups is 2. The van der Waals surface area contributed by atoms with Gasteiger partial charge in [0.25, 0.3) is 0 Å². The number of carbonyl (C=O) groups excluding carboxylic acids is 1. The van der Waals surface area contributed by atoms with Gasteiger partial charge in [0.2, 0.25) is 10.0 Å². The van der Waals surface area contributed by atoms with Gasteiger partial charge in [-0.3, -0.25) is 4.72 Å². The molecule has 0 saturated heterocycles. The summed E-state index contributed by atoms with van der Waals surface area (Å²) < 4.78 is 76.0. The number of para-hydroxylation sites is 1. The third-order valence-corrected chi connectivity index (χ3v) is 8.21. The van der Waals surface area contributed by atoms with Crippen molar-refractivity contribution in [3.63, 3.8) is 0 Å². The van der Waals surface area contributed by atoms with Gasteiger partial charge in [-0.05, 0) is 80.3 Å². The van der Waals surface area contributed by atoms with Crippen molar-refractivity contribution in [1.29, 1.82) is 0 Å². The zero-order valence-corrected chi connectivity index (χ0v) is 25.8. The second-order valence-corrected chi connectivity index (χ2v) is 12.4. The highest BCUT2D eigenvalue weighted by molar-refractivity contribution is 7.92. The Morgan fingerprint density at radius 1 is 1.02 bits per heavy atom. The molecule has 0 aliphatic carbocycles. The third kappa shape index (κ3) is 9.96. The van der Waals surface area contributed by atoms with E-state index < -0.39 is 27.9 Å². The van der Waals surface area contributed by atoms with Crippen molar-refractivity contribution < 1.29 is 41.1 Å². The number of hydrogen-bond acceptors (Lipinski definition) is 7. The number of fused-ring (bicyclic) bond motifs is 1. The minimum absolute atomic E-state index is 0.00797. The minimum atomic E-state index is -4.86. The fourth-order valence-electron chi connectivity index (χ4n) is 4.88. The molecule has 1 aromatic heterocycles. The van der Waals surface area contributed by atoms with E-state index in [4.69, 9.17) is 9.47 Å². The number of alkyl halides is 3. The Morgan fingerprint density at radius 3 is 2.38 bits per heavy atom. The normalized spacial score (nSPS) is 12.8. The number of carbonyl (C=O) groups is 1. The predicted molar refractivity (Wildman–Crippen MR) is 165 cm³/mol. The molecule has 0 radical (unpaired) electrons. The molecule has 0 bridgehead atoms. The highest BCUT2D eigenvalue weighted by atomic mass is 32.2. The number of hydrogen-bond donors (Lipinski definition) is 2. The number of nitrogens with zero attached hydrogens (tertiary/aromatic N) is 2. The third-order valence-electron chi connectivity index (χ3n) is 6.96. The molecule has 9 nitrogen and oxygen atoms in total. The van der Waals surface area contributed by atoms with Crippen molar-refractivity contribution in [2.75, 3.05) is 30.2 Å². The second-order valence-electron chi connectivity index (χ2n) is 10.6. The first-order valence-corrected chi connectivity index (χ1v) is 16.1. The SMILES string of the molecule is CCOC(=O)c1cc2cc(CC(C)N(O)CCCOc3ccccc3)ccc2n1Cc1ccc(NS(=O)(=O)CC(F)(F)F)cc1. The van der Waals surface area contributed by atoms with Crippen LogP contribution in [0.15, 0.2) is 78.9 Å². The van der Waals surface area contributed by atoms with E-state index in [2.05, 4.69) is 0 Å². The van der Waals surface area contributed by atoms with Crippen LogP contribution in [-0.4, -0.2) is 67.0 Å². The molecule has 4 rings (SSSR count). The summed E-state index contributed by atoms with van der Waals surface area (Å²) >= 11 is 0. The van der Waals surface area contributed by atoms with E-state index in [-0.39, 0.29) is 24.9 Å². The molecule has 0 aliphatic heterocycles. The smallest absolute Gasteiger partial charge is 0.404 e. The van der Waals surface area contributed by atoms with Crippen molar-refractivity contribution >= 4 is 32.6 Å². The number of sulfonamides is 1. The molecular weight excluding hydrogens is 611 g/mol. The van der Waals surface area contributed by atoms with Crippen LogP contribution in [-0.2, 0) is 27.7 Å². The lowest BCUT2D eigenvalue weighted by Crippen LogP contribution is -2.33. The molecule has 1 heterocycles. The lowest BCUT2D eigenvalue weighted by Gasteiger charge is -2.22. The zero-order chi connectivity index (χ0) is 32.6. The van der Waals surface area contributed by atoms with Gasteiger partial charge in [-0.15, -0.1) is 0 Å². The first-order chi connectivity index (χ1) is 21.3. The number of anilines is 1. The molecule has 0 fully saturated rings. The Morgan fingerprint density at radius 2 is 1.71 bits per heavy atom. The predicted octanol–water partition coefficient (Wildman–Crippen LogP) is 6.26. The van der Waals surface area contributed by atoms with E-state index in [9.17, 15) is 31.6 Å². The number of nitrogens with one attached hydrogen (secondary N) is 1. The van der Waals surface area contributed by atoms with Crippen LogP contribution in [0.3, 0.4) is 0 Å². The Bertz CT molecular complexity index is 1680. The first kappa shape index (κ1) is 33.8. The maximum Gasteiger partial charge on any atom is 0.404 e. The minimum Gasteiger partial charge on any atom is -0.494 e. The summed E-state index contributed by atoms with van der Waals surface area (Å²) in [4.78, 5) is 12.9. The molecule has 0 saturated carbocycles. The molecule has 45 heavy (non-hydrogen) atoms. The molecule has 242 valence electrons. The van der Waals surface area contributed by atoms with E-state index in [1.807, 2.05) is 60.2 Å². The van der Waals surface area contributed by atoms with Gasteiger partial charge in [-0.1, -0.05) is 36.4 Å². The largest absolute Gasteiger partial charge is 0.494 e. The van der Waals surface area contributed by atoms with Gasteiger partial charge in [0.1, 0.15) is 11.4 Å². The molecule has 3 aromatic carbocycles. The van der Waals surface area contributed by atoms with Gasteiger partial charge in [-0.2, -0.15) is 18.2 Å². The zero-order valence-electron chi connectivity index (χ0n) is 25.0. The van der Waals surface area contributed by atoms with Gasteiger partial charge >= 0.3 is 12.1 Å². The summed E-state index contributed by atoms with van der Waals surface area (Å²) in [6, 6.07) is 22.7. The number of rotatable bonds is 15. The first-order valence-electron chi connectivity index (χ1n) is 14.4. The number of halogens is 3. The van der Waals surface area contributed by atoms with E-state index in [0.29, 0.717) is 37.3 Å². The fraction of sp³-hybridized carbons (Fsp3) is 0.344. The Kier molecular flexibility index (Phi) is 11.1. The van der Waals surface area contributed by atoms with Crippen molar-refractivity contribution in [2.45, 2.75) is 45.5 Å². The van der Waals surface area contributed by atoms with E-state index in [1.54, 1.807) is 29.7 Å². The quantitative estimate of drug-likeness (QED) is 0.0891. The summed E-state index contributed by atoms with van der Waals surface area (Å²) in [5, 5.41) is 12.7. The van der Waals surface area contributed by atoms with Gasteiger partial charge in [0, 0.05) is 35.7 Å². The van der Waals surface area contributed by atoms with Crippen LogP contribution in [0.4, 0.5) is 18.9 Å². The number of ether oxygens (including phenoxy) is 2. The monoisotopic (exact) mass is 647 g/mol. The summed E-state index contributed by atoms with van der Waals surface area (Å²) in [6.45, 7) is 4.93. The molecule has 1 unspecified atom stereocenters. The van der Waals surface area contributed by atoms with Crippen LogP contribution < -0.4 is 9.46 Å². The van der Waals surface area contributed by atoms with Gasteiger partial charge < -0.3 is 19.2 Å². The molecule has 2 N–H and O–H groups in total. The van der Waals surface area contributed by atoms with Gasteiger partial charge in [-0.25, -0.2) is 13.2 Å². The van der Waals surface area contributed by atoms with Crippen molar-refractivity contribution in [2.24, 2.45) is 0 Å². The molecule has 13 heteroatoms. The molecule has 0 amide bonds. The highest BCUT2D eigenvalue weighted by Gasteiger charge is 2.35. The van der Waals surface area contributed by atoms with Crippen LogP contribution in [0.5, 0.6) is 5.75 Å². The van der Waals surface area contributed by atoms with E-state index in [1.165, 1.54) is 17.2 Å². The van der Waals surface area contributed by atoms with Crippen LogP contribution in [0, 0.1) is 0 Å². The van der Waals surface area contributed by atoms with Crippen molar-refractivity contribution in [3.8, 4) is 5.75 Å². The van der Waals surface area contributed by atoms with Gasteiger partial charge in [0.05, 0.1) is 13.2 Å². The highest BCUT2D eigenvalue weighted by Crippen LogP contribution is 2.26. The molecule has 0 aliphatic rings. The summed E-state index contributed by atoms with van der Waals surface area (Å²) in [5.41, 5.74) is 2.70. The molecular formula is C32H36F3N3O6S. The average molecular weight is 648 g/mol. The Labute approximate surface area is 260 Å². The standard InChI is InChI=1S/C32H36F3N3O6S/c1-3-43-31(39)30-20-26-19-25(18-23(2)38(40)16-7-17-44-28-8-5-4-6-9-28)12-15-29(26)37(30)21-24-10-13-27(14-11-24)36-45(41,42)22-32(33,34)35/h4-6,8-15,19-20,23,36,40H,3,7,16-18,21-22H2,1-2H3. The van der Waals surface area contributed by atoms with Crippen LogP contribution in [0.2, 0.25) is 0 Å². The van der Waals surface area contributed by atoms with Crippen LogP contribution in [0.1, 0.15) is 41.9 Å². The lowest BCUT2D eigenvalue weighted by atomic mass is 10.0. The Hall–Kier alpha value is -4.07. The van der Waals surface area contributed by atoms with Crippen LogP contribution in [0.25, 0.3) is 10.9 Å². The maximum absolute atomic E-state index is 12.9. The second kappa shape index (κ2) is 14.8. The lowest BCUT2D eigenvalue weighted by molar-refractivity contribution is -0.123. The fourth-order valence-corrected chi connectivity index (χ4v) is 5.88. The summed E-state index contributed by atoms with van der Waals surface area (Å²) in [5.74, 6) is -1.72.